The number of aryl methyl sites for hydroxylation is 2. The van der Waals surface area contributed by atoms with E-state index in [0.717, 1.165) is 17.8 Å². The molecule has 0 aliphatic rings. The average Bonchev–Trinajstić information content (AvgIpc) is 2.45. The van der Waals surface area contributed by atoms with Crippen molar-refractivity contribution in [3.05, 3.63) is 64.7 Å². The van der Waals surface area contributed by atoms with E-state index in [1.807, 2.05) is 0 Å². The van der Waals surface area contributed by atoms with Gasteiger partial charge in [0.1, 0.15) is 0 Å². The quantitative estimate of drug-likeness (QED) is 0.423. The van der Waals surface area contributed by atoms with Crippen molar-refractivity contribution in [2.45, 2.75) is 26.9 Å². The molecular weight excluding hydrogens is 411 g/mol. The van der Waals surface area contributed by atoms with E-state index in [-0.39, 0.29) is 24.0 Å². The molecule has 24 heavy (non-hydrogen) atoms. The maximum Gasteiger partial charge on any atom is 0.193 e. The lowest BCUT2D eigenvalue weighted by Crippen LogP contribution is -2.22. The third-order valence-electron chi connectivity index (χ3n) is 3.45. The van der Waals surface area contributed by atoms with Crippen LogP contribution in [0.5, 0.6) is 0 Å². The Morgan fingerprint density at radius 1 is 1.00 bits per heavy atom. The topological polar surface area (TPSA) is 53.6 Å². The SMILES string of the molecule is Cc1cc(C)cc(NC(N)=NCc2ccc(CN(C)C)cc2)c1.I. The Kier molecular flexibility index (Phi) is 8.21. The first-order chi connectivity index (χ1) is 10.9. The molecule has 0 aromatic heterocycles. The first-order valence-electron chi connectivity index (χ1n) is 7.80. The zero-order valence-electron chi connectivity index (χ0n) is 14.8. The van der Waals surface area contributed by atoms with Crippen molar-refractivity contribution in [1.82, 2.24) is 4.90 Å². The third-order valence-corrected chi connectivity index (χ3v) is 3.45. The molecule has 2 rings (SSSR count). The Balaban J connectivity index is 0.00000288. The van der Waals surface area contributed by atoms with Crippen LogP contribution >= 0.6 is 24.0 Å². The number of hydrogen-bond acceptors (Lipinski definition) is 2. The third kappa shape index (κ3) is 6.88. The predicted molar refractivity (Wildman–Crippen MR) is 114 cm³/mol. The minimum Gasteiger partial charge on any atom is -0.370 e. The number of guanidine groups is 1. The summed E-state index contributed by atoms with van der Waals surface area (Å²) in [6, 6.07) is 14.7. The van der Waals surface area contributed by atoms with Gasteiger partial charge in [-0.3, -0.25) is 0 Å². The van der Waals surface area contributed by atoms with E-state index in [4.69, 9.17) is 5.73 Å². The molecule has 0 heterocycles. The molecule has 0 saturated heterocycles. The fourth-order valence-corrected chi connectivity index (χ4v) is 2.53. The van der Waals surface area contributed by atoms with Crippen LogP contribution < -0.4 is 11.1 Å². The van der Waals surface area contributed by atoms with Crippen LogP contribution in [0.15, 0.2) is 47.5 Å². The maximum atomic E-state index is 5.98. The molecule has 2 aromatic rings. The lowest BCUT2D eigenvalue weighted by atomic mass is 10.1. The second-order valence-corrected chi connectivity index (χ2v) is 6.26. The molecule has 0 fully saturated rings. The lowest BCUT2D eigenvalue weighted by molar-refractivity contribution is 0.402. The summed E-state index contributed by atoms with van der Waals surface area (Å²) >= 11 is 0. The number of nitrogens with one attached hydrogen (secondary N) is 1. The number of rotatable bonds is 5. The Hall–Kier alpha value is -1.60. The first kappa shape index (κ1) is 20.4. The Morgan fingerprint density at radius 3 is 2.08 bits per heavy atom. The van der Waals surface area contributed by atoms with Gasteiger partial charge in [0, 0.05) is 12.2 Å². The van der Waals surface area contributed by atoms with Gasteiger partial charge in [0.25, 0.3) is 0 Å². The zero-order chi connectivity index (χ0) is 16.8. The van der Waals surface area contributed by atoms with Crippen LogP contribution in [0.4, 0.5) is 5.69 Å². The highest BCUT2D eigenvalue weighted by Crippen LogP contribution is 2.13. The molecular formula is C19H27IN4. The fraction of sp³-hybridized carbons (Fsp3) is 0.316. The van der Waals surface area contributed by atoms with Gasteiger partial charge < -0.3 is 16.0 Å². The number of nitrogens with two attached hydrogens (primary N) is 1. The molecule has 2 aromatic carbocycles. The van der Waals surface area contributed by atoms with E-state index < -0.39 is 0 Å². The van der Waals surface area contributed by atoms with E-state index in [1.54, 1.807) is 0 Å². The number of nitrogens with zero attached hydrogens (tertiary/aromatic N) is 2. The van der Waals surface area contributed by atoms with Crippen molar-refractivity contribution >= 4 is 35.6 Å². The molecule has 0 atom stereocenters. The van der Waals surface area contributed by atoms with Crippen molar-refractivity contribution in [2.24, 2.45) is 10.7 Å². The lowest BCUT2D eigenvalue weighted by Gasteiger charge is -2.10. The van der Waals surface area contributed by atoms with E-state index in [2.05, 4.69) is 85.6 Å². The van der Waals surface area contributed by atoms with Gasteiger partial charge in [-0.1, -0.05) is 30.3 Å². The van der Waals surface area contributed by atoms with Gasteiger partial charge >= 0.3 is 0 Å². The molecule has 0 spiro atoms. The van der Waals surface area contributed by atoms with E-state index in [0.29, 0.717) is 12.5 Å². The molecule has 0 aliphatic carbocycles. The van der Waals surface area contributed by atoms with Crippen molar-refractivity contribution in [2.75, 3.05) is 19.4 Å². The van der Waals surface area contributed by atoms with E-state index >= 15 is 0 Å². The summed E-state index contributed by atoms with van der Waals surface area (Å²) in [7, 11) is 4.13. The van der Waals surface area contributed by atoms with E-state index in [9.17, 15) is 0 Å². The van der Waals surface area contributed by atoms with Crippen LogP contribution in [0.1, 0.15) is 22.3 Å². The monoisotopic (exact) mass is 438 g/mol. The smallest absolute Gasteiger partial charge is 0.193 e. The number of hydrogen-bond donors (Lipinski definition) is 2. The van der Waals surface area contributed by atoms with Crippen molar-refractivity contribution in [3.63, 3.8) is 0 Å². The molecule has 0 aliphatic heterocycles. The van der Waals surface area contributed by atoms with Gasteiger partial charge in [0.2, 0.25) is 0 Å². The summed E-state index contributed by atoms with van der Waals surface area (Å²) in [6.45, 7) is 5.66. The molecule has 0 saturated carbocycles. The van der Waals surface area contributed by atoms with Gasteiger partial charge in [-0.15, -0.1) is 24.0 Å². The summed E-state index contributed by atoms with van der Waals surface area (Å²) in [5.74, 6) is 0.437. The number of halogens is 1. The standard InChI is InChI=1S/C19H26N4.HI/c1-14-9-15(2)11-18(10-14)22-19(20)21-12-16-5-7-17(8-6-16)13-23(3)4;/h5-11H,12-13H2,1-4H3,(H3,20,21,22);1H. The number of anilines is 1. The summed E-state index contributed by atoms with van der Waals surface area (Å²) in [5.41, 5.74) is 11.8. The van der Waals surface area contributed by atoms with Crippen molar-refractivity contribution in [3.8, 4) is 0 Å². The molecule has 4 nitrogen and oxygen atoms in total. The number of benzene rings is 2. The van der Waals surface area contributed by atoms with Crippen LogP contribution in [0.25, 0.3) is 0 Å². The molecule has 5 heteroatoms. The Morgan fingerprint density at radius 2 is 1.54 bits per heavy atom. The number of aliphatic imine (C=N–C) groups is 1. The Bertz CT molecular complexity index is 658. The second-order valence-electron chi connectivity index (χ2n) is 6.26. The second kappa shape index (κ2) is 9.64. The summed E-state index contributed by atoms with van der Waals surface area (Å²) in [6.07, 6.45) is 0. The first-order valence-corrected chi connectivity index (χ1v) is 7.80. The maximum absolute atomic E-state index is 5.98. The normalized spacial score (nSPS) is 11.3. The highest BCUT2D eigenvalue weighted by Gasteiger charge is 1.99. The van der Waals surface area contributed by atoms with Crippen molar-refractivity contribution < 1.29 is 0 Å². The zero-order valence-corrected chi connectivity index (χ0v) is 17.2. The molecule has 3 N–H and O–H groups in total. The molecule has 0 radical (unpaired) electrons. The van der Waals surface area contributed by atoms with Crippen molar-refractivity contribution in [1.29, 1.82) is 0 Å². The highest BCUT2D eigenvalue weighted by molar-refractivity contribution is 14.0. The van der Waals surface area contributed by atoms with Gasteiger partial charge in [-0.05, 0) is 62.3 Å². The summed E-state index contributed by atoms with van der Waals surface area (Å²) in [4.78, 5) is 6.56. The average molecular weight is 438 g/mol. The van der Waals surface area contributed by atoms with Crippen LogP contribution in [-0.4, -0.2) is 25.0 Å². The molecule has 0 bridgehead atoms. The summed E-state index contributed by atoms with van der Waals surface area (Å²) < 4.78 is 0. The van der Waals surface area contributed by atoms with Gasteiger partial charge in [-0.25, -0.2) is 4.99 Å². The van der Waals surface area contributed by atoms with Gasteiger partial charge in [0.05, 0.1) is 6.54 Å². The highest BCUT2D eigenvalue weighted by atomic mass is 127. The predicted octanol–water partition coefficient (Wildman–Crippen LogP) is 3.91. The Labute approximate surface area is 162 Å². The van der Waals surface area contributed by atoms with Crippen LogP contribution in [0, 0.1) is 13.8 Å². The molecule has 0 amide bonds. The van der Waals surface area contributed by atoms with Crippen LogP contribution in [0.2, 0.25) is 0 Å². The van der Waals surface area contributed by atoms with Gasteiger partial charge in [-0.2, -0.15) is 0 Å². The van der Waals surface area contributed by atoms with Crippen LogP contribution in [-0.2, 0) is 13.1 Å². The van der Waals surface area contributed by atoms with Gasteiger partial charge in [0.15, 0.2) is 5.96 Å². The largest absolute Gasteiger partial charge is 0.370 e. The van der Waals surface area contributed by atoms with Crippen LogP contribution in [0.3, 0.4) is 0 Å². The minimum atomic E-state index is 0. The molecule has 0 unspecified atom stereocenters. The minimum absolute atomic E-state index is 0. The molecule has 130 valence electrons. The fourth-order valence-electron chi connectivity index (χ4n) is 2.53. The summed E-state index contributed by atoms with van der Waals surface area (Å²) in [5, 5.41) is 3.15. The van der Waals surface area contributed by atoms with E-state index in [1.165, 1.54) is 16.7 Å².